The number of ether oxygens (including phenoxy) is 1. The maximum Gasteiger partial charge on any atom is 0.251 e. The first-order valence-corrected chi connectivity index (χ1v) is 6.60. The van der Waals surface area contributed by atoms with Crippen molar-refractivity contribution in [3.8, 4) is 28.7 Å². The quantitative estimate of drug-likeness (QED) is 0.728. The van der Waals surface area contributed by atoms with Crippen molar-refractivity contribution in [2.45, 2.75) is 6.92 Å². The van der Waals surface area contributed by atoms with Crippen LogP contribution in [0.2, 0.25) is 0 Å². The van der Waals surface area contributed by atoms with Gasteiger partial charge in [-0.05, 0) is 31.2 Å². The fourth-order valence-corrected chi connectivity index (χ4v) is 2.00. The Bertz CT molecular complexity index is 755. The average molecular weight is 284 g/mol. The van der Waals surface area contributed by atoms with Crippen molar-refractivity contribution in [1.29, 1.82) is 0 Å². The number of hydrogen-bond donors (Lipinski definition) is 0. The molecule has 1 aromatic heterocycles. The molecule has 2 aromatic carbocycles. The molecule has 0 aliphatic carbocycles. The standard InChI is InChI=1S/C16H13FN2O2/c1-2-20-14-10-6-4-8-12(14)16-19-18-15(21-16)11-7-3-5-9-13(11)17/h3-10H,2H2,1H3. The van der Waals surface area contributed by atoms with Gasteiger partial charge in [-0.3, -0.25) is 0 Å². The van der Waals surface area contributed by atoms with Crippen molar-refractivity contribution in [1.82, 2.24) is 10.2 Å². The van der Waals surface area contributed by atoms with Crippen LogP contribution in [-0.2, 0) is 0 Å². The summed E-state index contributed by atoms with van der Waals surface area (Å²) in [7, 11) is 0. The number of nitrogens with zero attached hydrogens (tertiary/aromatic N) is 2. The Kier molecular flexibility index (Phi) is 3.64. The van der Waals surface area contributed by atoms with Crippen molar-refractivity contribution in [3.63, 3.8) is 0 Å². The smallest absolute Gasteiger partial charge is 0.251 e. The minimum absolute atomic E-state index is 0.148. The molecule has 0 radical (unpaired) electrons. The van der Waals surface area contributed by atoms with E-state index in [4.69, 9.17) is 9.15 Å². The monoisotopic (exact) mass is 284 g/mol. The van der Waals surface area contributed by atoms with Crippen LogP contribution in [0.5, 0.6) is 5.75 Å². The van der Waals surface area contributed by atoms with Crippen LogP contribution in [0.15, 0.2) is 52.9 Å². The third kappa shape index (κ3) is 2.63. The molecule has 21 heavy (non-hydrogen) atoms. The lowest BCUT2D eigenvalue weighted by Crippen LogP contribution is -1.93. The highest BCUT2D eigenvalue weighted by Crippen LogP contribution is 2.31. The fraction of sp³-hybridized carbons (Fsp3) is 0.125. The molecule has 0 saturated carbocycles. The molecule has 0 N–H and O–H groups in total. The van der Waals surface area contributed by atoms with E-state index in [-0.39, 0.29) is 11.5 Å². The van der Waals surface area contributed by atoms with E-state index in [2.05, 4.69) is 10.2 Å². The predicted molar refractivity (Wildman–Crippen MR) is 76.3 cm³/mol. The fourth-order valence-electron chi connectivity index (χ4n) is 2.00. The Balaban J connectivity index is 2.01. The summed E-state index contributed by atoms with van der Waals surface area (Å²) < 4.78 is 24.8. The summed E-state index contributed by atoms with van der Waals surface area (Å²) in [6.45, 7) is 2.43. The zero-order valence-electron chi connectivity index (χ0n) is 11.4. The number of benzene rings is 2. The van der Waals surface area contributed by atoms with E-state index in [1.165, 1.54) is 6.07 Å². The maximum atomic E-state index is 13.7. The summed E-state index contributed by atoms with van der Waals surface area (Å²) >= 11 is 0. The maximum absolute atomic E-state index is 13.7. The Morgan fingerprint density at radius 1 is 0.952 bits per heavy atom. The molecular formula is C16H13FN2O2. The zero-order chi connectivity index (χ0) is 14.7. The molecule has 3 aromatic rings. The molecule has 0 aliphatic rings. The van der Waals surface area contributed by atoms with Crippen LogP contribution >= 0.6 is 0 Å². The normalized spacial score (nSPS) is 10.6. The van der Waals surface area contributed by atoms with Gasteiger partial charge >= 0.3 is 0 Å². The molecule has 1 heterocycles. The largest absolute Gasteiger partial charge is 0.493 e. The van der Waals surface area contributed by atoms with Gasteiger partial charge in [-0.25, -0.2) is 4.39 Å². The van der Waals surface area contributed by atoms with E-state index in [1.54, 1.807) is 18.2 Å². The van der Waals surface area contributed by atoms with E-state index >= 15 is 0 Å². The van der Waals surface area contributed by atoms with Crippen LogP contribution in [0.4, 0.5) is 4.39 Å². The van der Waals surface area contributed by atoms with Crippen molar-refractivity contribution in [3.05, 3.63) is 54.3 Å². The van der Waals surface area contributed by atoms with Crippen LogP contribution < -0.4 is 4.74 Å². The second-order valence-corrected chi connectivity index (χ2v) is 4.32. The summed E-state index contributed by atoms with van der Waals surface area (Å²) in [4.78, 5) is 0. The van der Waals surface area contributed by atoms with Gasteiger partial charge < -0.3 is 9.15 Å². The van der Waals surface area contributed by atoms with Gasteiger partial charge in [-0.2, -0.15) is 0 Å². The van der Waals surface area contributed by atoms with Gasteiger partial charge in [0.15, 0.2) is 0 Å². The van der Waals surface area contributed by atoms with E-state index < -0.39 is 5.82 Å². The molecule has 0 spiro atoms. The molecule has 0 unspecified atom stereocenters. The lowest BCUT2D eigenvalue weighted by molar-refractivity contribution is 0.340. The lowest BCUT2D eigenvalue weighted by Gasteiger charge is -2.06. The van der Waals surface area contributed by atoms with Gasteiger partial charge in [-0.15, -0.1) is 10.2 Å². The predicted octanol–water partition coefficient (Wildman–Crippen LogP) is 3.94. The minimum Gasteiger partial charge on any atom is -0.493 e. The summed E-state index contributed by atoms with van der Waals surface area (Å²) in [6.07, 6.45) is 0. The third-order valence-electron chi connectivity index (χ3n) is 2.95. The van der Waals surface area contributed by atoms with E-state index in [0.29, 0.717) is 23.8 Å². The van der Waals surface area contributed by atoms with Crippen LogP contribution in [0.3, 0.4) is 0 Å². The van der Waals surface area contributed by atoms with Gasteiger partial charge in [0.2, 0.25) is 0 Å². The molecule has 0 amide bonds. The van der Waals surface area contributed by atoms with Crippen LogP contribution in [0.25, 0.3) is 22.9 Å². The zero-order valence-corrected chi connectivity index (χ0v) is 11.4. The van der Waals surface area contributed by atoms with Gasteiger partial charge in [-0.1, -0.05) is 24.3 Å². The van der Waals surface area contributed by atoms with Crippen LogP contribution in [-0.4, -0.2) is 16.8 Å². The summed E-state index contributed by atoms with van der Waals surface area (Å²) in [5.41, 5.74) is 0.972. The second kappa shape index (κ2) is 5.75. The Labute approximate surface area is 121 Å². The van der Waals surface area contributed by atoms with Gasteiger partial charge in [0.1, 0.15) is 11.6 Å². The molecule has 0 aliphatic heterocycles. The van der Waals surface area contributed by atoms with Crippen LogP contribution in [0, 0.1) is 5.82 Å². The molecule has 5 heteroatoms. The minimum atomic E-state index is -0.397. The first kappa shape index (κ1) is 13.3. The topological polar surface area (TPSA) is 48.2 Å². The van der Waals surface area contributed by atoms with E-state index in [9.17, 15) is 4.39 Å². The highest BCUT2D eigenvalue weighted by atomic mass is 19.1. The lowest BCUT2D eigenvalue weighted by atomic mass is 10.2. The number of para-hydroxylation sites is 1. The highest BCUT2D eigenvalue weighted by molar-refractivity contribution is 5.64. The Morgan fingerprint density at radius 2 is 1.57 bits per heavy atom. The van der Waals surface area contributed by atoms with Crippen LogP contribution in [0.1, 0.15) is 6.92 Å². The summed E-state index contributed by atoms with van der Waals surface area (Å²) in [5, 5.41) is 7.90. The average Bonchev–Trinajstić information content (AvgIpc) is 2.98. The molecule has 0 bridgehead atoms. The molecule has 0 saturated heterocycles. The van der Waals surface area contributed by atoms with E-state index in [1.807, 2.05) is 31.2 Å². The van der Waals surface area contributed by atoms with Gasteiger partial charge in [0.25, 0.3) is 11.8 Å². The molecule has 0 fully saturated rings. The SMILES string of the molecule is CCOc1ccccc1-c1nnc(-c2ccccc2F)o1. The summed E-state index contributed by atoms with van der Waals surface area (Å²) in [6, 6.07) is 13.6. The summed E-state index contributed by atoms with van der Waals surface area (Å²) in [5.74, 6) is 0.709. The number of aromatic nitrogens is 2. The molecule has 3 rings (SSSR count). The number of rotatable bonds is 4. The molecular weight excluding hydrogens is 271 g/mol. The van der Waals surface area contributed by atoms with Crippen molar-refractivity contribution in [2.75, 3.05) is 6.61 Å². The molecule has 4 nitrogen and oxygen atoms in total. The Morgan fingerprint density at radius 3 is 2.29 bits per heavy atom. The number of halogens is 1. The van der Waals surface area contributed by atoms with E-state index in [0.717, 1.165) is 0 Å². The second-order valence-electron chi connectivity index (χ2n) is 4.32. The highest BCUT2D eigenvalue weighted by Gasteiger charge is 2.16. The third-order valence-corrected chi connectivity index (χ3v) is 2.95. The number of hydrogen-bond acceptors (Lipinski definition) is 4. The first-order chi connectivity index (χ1) is 10.3. The van der Waals surface area contributed by atoms with Gasteiger partial charge in [0.05, 0.1) is 17.7 Å². The van der Waals surface area contributed by atoms with Gasteiger partial charge in [0, 0.05) is 0 Å². The Hall–Kier alpha value is -2.69. The van der Waals surface area contributed by atoms with Crippen molar-refractivity contribution >= 4 is 0 Å². The van der Waals surface area contributed by atoms with Crippen molar-refractivity contribution < 1.29 is 13.5 Å². The van der Waals surface area contributed by atoms with Crippen molar-refractivity contribution in [2.24, 2.45) is 0 Å². The first-order valence-electron chi connectivity index (χ1n) is 6.60. The molecule has 106 valence electrons. The molecule has 0 atom stereocenters.